The van der Waals surface area contributed by atoms with Crippen molar-refractivity contribution < 1.29 is 20.1 Å². The summed E-state index contributed by atoms with van der Waals surface area (Å²) in [5.74, 6) is 0. The third-order valence-corrected chi connectivity index (χ3v) is 3.38. The first kappa shape index (κ1) is 14.7. The van der Waals surface area contributed by atoms with Crippen LogP contribution in [0.5, 0.6) is 0 Å². The first-order valence-corrected chi connectivity index (χ1v) is 6.34. The Morgan fingerprint density at radius 1 is 1.00 bits per heavy atom. The summed E-state index contributed by atoms with van der Waals surface area (Å²) in [5, 5.41) is 4.41. The molecular weight excluding hydrogens is 424 g/mol. The third-order valence-electron chi connectivity index (χ3n) is 3.38. The molecule has 3 heteroatoms. The normalized spacial score (nSPS) is 10.1. The van der Waals surface area contributed by atoms with Crippen LogP contribution in [0, 0.1) is 19.9 Å². The van der Waals surface area contributed by atoms with Crippen molar-refractivity contribution in [1.29, 1.82) is 0 Å². The Bertz CT molecular complexity index is 702. The number of aromatic nitrogens is 2. The molecule has 2 aromatic carbocycles. The molecule has 0 spiro atoms. The van der Waals surface area contributed by atoms with E-state index >= 15 is 0 Å². The van der Waals surface area contributed by atoms with Gasteiger partial charge in [0.15, 0.2) is 0 Å². The second-order valence-electron chi connectivity index (χ2n) is 4.65. The van der Waals surface area contributed by atoms with E-state index in [9.17, 15) is 0 Å². The van der Waals surface area contributed by atoms with Gasteiger partial charge in [0.2, 0.25) is 0 Å². The number of hydrogen-bond donors (Lipinski definition) is 0. The average molecular weight is 440 g/mol. The van der Waals surface area contributed by atoms with Gasteiger partial charge in [0.25, 0.3) is 0 Å². The van der Waals surface area contributed by atoms with Gasteiger partial charge in [-0.15, -0.1) is 11.6 Å². The minimum Gasteiger partial charge on any atom is -0.263 e. The van der Waals surface area contributed by atoms with Crippen molar-refractivity contribution in [3.05, 3.63) is 72.1 Å². The molecule has 1 aromatic heterocycles. The first-order chi connectivity index (χ1) is 9.25. The Labute approximate surface area is 132 Å². The molecule has 103 valence electrons. The van der Waals surface area contributed by atoms with E-state index in [1.165, 1.54) is 16.7 Å². The van der Waals surface area contributed by atoms with Crippen molar-refractivity contribution in [3.63, 3.8) is 0 Å². The molecule has 0 amide bonds. The minimum absolute atomic E-state index is 0. The molecule has 0 atom stereocenters. The van der Waals surface area contributed by atoms with E-state index in [0.717, 1.165) is 11.4 Å². The maximum absolute atomic E-state index is 4.41. The van der Waals surface area contributed by atoms with Crippen molar-refractivity contribution in [2.45, 2.75) is 13.8 Å². The van der Waals surface area contributed by atoms with Crippen LogP contribution in [0.3, 0.4) is 0 Å². The van der Waals surface area contributed by atoms with Crippen molar-refractivity contribution in [2.75, 3.05) is 0 Å². The van der Waals surface area contributed by atoms with Crippen LogP contribution in [0.25, 0.3) is 16.8 Å². The number of aryl methyl sites for hydroxylation is 1. The summed E-state index contributed by atoms with van der Waals surface area (Å²) in [6.07, 6.45) is 1.89. The quantitative estimate of drug-likeness (QED) is 0.553. The van der Waals surface area contributed by atoms with Crippen LogP contribution in [-0.2, 0) is 20.1 Å². The molecule has 3 aromatic rings. The van der Waals surface area contributed by atoms with Gasteiger partial charge in [0, 0.05) is 25.8 Å². The summed E-state index contributed by atoms with van der Waals surface area (Å²) in [4.78, 5) is 0. The zero-order valence-electron chi connectivity index (χ0n) is 11.4. The molecule has 0 N–H and O–H groups in total. The molecule has 0 aliphatic rings. The standard InChI is InChI=1S/C17H15N2.Ir/c1-13-12-18-19(14(13)2)17-10-6-9-16(11-17)15-7-4-3-5-8-15;/h3-9,11-12H,1-2H3;/q-1;. The van der Waals surface area contributed by atoms with Gasteiger partial charge in [0.05, 0.1) is 6.20 Å². The van der Waals surface area contributed by atoms with Crippen LogP contribution in [0.4, 0.5) is 0 Å². The van der Waals surface area contributed by atoms with E-state index in [2.05, 4.69) is 61.4 Å². The molecule has 0 unspecified atom stereocenters. The molecular formula is C17H15IrN2-. The van der Waals surface area contributed by atoms with Crippen LogP contribution < -0.4 is 0 Å². The smallest absolute Gasteiger partial charge is 0.0525 e. The molecule has 0 fully saturated rings. The fourth-order valence-electron chi connectivity index (χ4n) is 2.12. The van der Waals surface area contributed by atoms with Gasteiger partial charge < -0.3 is 0 Å². The van der Waals surface area contributed by atoms with Crippen LogP contribution in [0.15, 0.2) is 54.7 Å². The molecule has 2 nitrogen and oxygen atoms in total. The molecule has 0 saturated carbocycles. The minimum atomic E-state index is 0. The second kappa shape index (κ2) is 6.17. The van der Waals surface area contributed by atoms with Gasteiger partial charge in [-0.2, -0.15) is 23.3 Å². The Hall–Kier alpha value is -1.70. The maximum atomic E-state index is 4.41. The van der Waals surface area contributed by atoms with Crippen LogP contribution in [-0.4, -0.2) is 9.78 Å². The Morgan fingerprint density at radius 2 is 1.75 bits per heavy atom. The fraction of sp³-hybridized carbons (Fsp3) is 0.118. The zero-order chi connectivity index (χ0) is 13.2. The summed E-state index contributed by atoms with van der Waals surface area (Å²) in [6.45, 7) is 4.14. The molecule has 0 aliphatic carbocycles. The average Bonchev–Trinajstić information content (AvgIpc) is 2.80. The van der Waals surface area contributed by atoms with Crippen LogP contribution >= 0.6 is 0 Å². The van der Waals surface area contributed by atoms with Gasteiger partial charge in [-0.1, -0.05) is 30.3 Å². The van der Waals surface area contributed by atoms with Crippen molar-refractivity contribution in [1.82, 2.24) is 9.78 Å². The number of benzene rings is 2. The molecule has 0 aliphatic heterocycles. The summed E-state index contributed by atoms with van der Waals surface area (Å²) in [7, 11) is 0. The predicted octanol–water partition coefficient (Wildman–Crippen LogP) is 3.95. The largest absolute Gasteiger partial charge is 0.263 e. The van der Waals surface area contributed by atoms with E-state index in [-0.39, 0.29) is 20.1 Å². The summed E-state index contributed by atoms with van der Waals surface area (Å²) >= 11 is 0. The SMILES string of the molecule is Cc1cnn(-c2[c-]ccc(-c3ccccc3)c2)c1C.[Ir]. The first-order valence-electron chi connectivity index (χ1n) is 6.34. The molecule has 1 radical (unpaired) electrons. The second-order valence-corrected chi connectivity index (χ2v) is 4.65. The topological polar surface area (TPSA) is 17.8 Å². The number of hydrogen-bond acceptors (Lipinski definition) is 1. The molecule has 3 rings (SSSR count). The van der Waals surface area contributed by atoms with Gasteiger partial charge in [-0.3, -0.25) is 4.68 Å². The van der Waals surface area contributed by atoms with Gasteiger partial charge in [-0.25, -0.2) is 0 Å². The molecule has 0 saturated heterocycles. The monoisotopic (exact) mass is 440 g/mol. The number of nitrogens with zero attached hydrogens (tertiary/aromatic N) is 2. The number of rotatable bonds is 2. The summed E-state index contributed by atoms with van der Waals surface area (Å²) in [5.41, 5.74) is 5.72. The Balaban J connectivity index is 0.00000147. The zero-order valence-corrected chi connectivity index (χ0v) is 13.8. The fourth-order valence-corrected chi connectivity index (χ4v) is 2.12. The van der Waals surface area contributed by atoms with E-state index in [1.807, 2.05) is 23.0 Å². The van der Waals surface area contributed by atoms with Crippen molar-refractivity contribution in [2.24, 2.45) is 0 Å². The van der Waals surface area contributed by atoms with Crippen LogP contribution in [0.1, 0.15) is 11.3 Å². The Kier molecular flexibility index (Phi) is 4.53. The van der Waals surface area contributed by atoms with Crippen molar-refractivity contribution in [3.8, 4) is 16.8 Å². The maximum Gasteiger partial charge on any atom is 0.0525 e. The van der Waals surface area contributed by atoms with Crippen molar-refractivity contribution >= 4 is 0 Å². The third kappa shape index (κ3) is 2.74. The van der Waals surface area contributed by atoms with E-state index in [1.54, 1.807) is 0 Å². The molecule has 0 bridgehead atoms. The van der Waals surface area contributed by atoms with Gasteiger partial charge in [-0.05, 0) is 30.7 Å². The summed E-state index contributed by atoms with van der Waals surface area (Å²) < 4.78 is 1.93. The van der Waals surface area contributed by atoms with Crippen LogP contribution in [0.2, 0.25) is 0 Å². The Morgan fingerprint density at radius 3 is 2.40 bits per heavy atom. The van der Waals surface area contributed by atoms with E-state index in [0.29, 0.717) is 0 Å². The molecule has 20 heavy (non-hydrogen) atoms. The van der Waals surface area contributed by atoms with Gasteiger partial charge >= 0.3 is 0 Å². The summed E-state index contributed by atoms with van der Waals surface area (Å²) in [6, 6.07) is 19.7. The predicted molar refractivity (Wildman–Crippen MR) is 77.3 cm³/mol. The van der Waals surface area contributed by atoms with Gasteiger partial charge in [0.1, 0.15) is 0 Å². The molecule has 1 heterocycles. The van der Waals surface area contributed by atoms with E-state index in [4.69, 9.17) is 0 Å². The van der Waals surface area contributed by atoms with E-state index < -0.39 is 0 Å².